The number of rotatable bonds is 5. The van der Waals surface area contributed by atoms with Gasteiger partial charge in [0.25, 0.3) is 0 Å². The minimum Gasteiger partial charge on any atom is -0.356 e. The summed E-state index contributed by atoms with van der Waals surface area (Å²) in [4.78, 5) is 6.90. The van der Waals surface area contributed by atoms with Crippen LogP contribution in [0.2, 0.25) is 0 Å². The van der Waals surface area contributed by atoms with E-state index in [1.807, 2.05) is 13.1 Å². The van der Waals surface area contributed by atoms with E-state index in [1.54, 1.807) is 0 Å². The summed E-state index contributed by atoms with van der Waals surface area (Å²) in [5.41, 5.74) is 1.27. The Balaban J connectivity index is 1.74. The number of hydrogen-bond donors (Lipinski definition) is 2. The summed E-state index contributed by atoms with van der Waals surface area (Å²) in [5, 5.41) is 6.87. The first-order valence-corrected chi connectivity index (χ1v) is 8.41. The van der Waals surface area contributed by atoms with E-state index in [0.29, 0.717) is 12.0 Å². The fourth-order valence-electron chi connectivity index (χ4n) is 2.98. The zero-order chi connectivity index (χ0) is 15.8. The van der Waals surface area contributed by atoms with Gasteiger partial charge in [-0.1, -0.05) is 30.3 Å². The number of aliphatic imine (C=N–C) groups is 1. The van der Waals surface area contributed by atoms with Gasteiger partial charge in [-0.05, 0) is 44.7 Å². The van der Waals surface area contributed by atoms with E-state index in [1.165, 1.54) is 31.5 Å². The van der Waals surface area contributed by atoms with Crippen LogP contribution in [0.3, 0.4) is 0 Å². The fraction of sp³-hybridized carbons (Fsp3) is 0.611. The molecule has 4 nitrogen and oxygen atoms in total. The molecule has 0 aliphatic carbocycles. The van der Waals surface area contributed by atoms with Crippen molar-refractivity contribution in [1.29, 1.82) is 0 Å². The second kappa shape index (κ2) is 8.79. The lowest BCUT2D eigenvalue weighted by atomic mass is 9.97. The van der Waals surface area contributed by atoms with Crippen LogP contribution >= 0.6 is 0 Å². The second-order valence-corrected chi connectivity index (χ2v) is 6.39. The maximum Gasteiger partial charge on any atom is 0.191 e. The number of hydrogen-bond acceptors (Lipinski definition) is 2. The highest BCUT2D eigenvalue weighted by atomic mass is 15.2. The molecule has 1 saturated heterocycles. The summed E-state index contributed by atoms with van der Waals surface area (Å²) in [7, 11) is 1.83. The first-order valence-electron chi connectivity index (χ1n) is 8.41. The molecule has 1 fully saturated rings. The van der Waals surface area contributed by atoms with Gasteiger partial charge in [-0.25, -0.2) is 0 Å². The van der Waals surface area contributed by atoms with Gasteiger partial charge >= 0.3 is 0 Å². The van der Waals surface area contributed by atoms with Crippen molar-refractivity contribution in [3.63, 3.8) is 0 Å². The molecule has 1 aliphatic heterocycles. The molecule has 0 radical (unpaired) electrons. The van der Waals surface area contributed by atoms with Crippen LogP contribution in [0.5, 0.6) is 0 Å². The van der Waals surface area contributed by atoms with Crippen molar-refractivity contribution in [2.24, 2.45) is 10.9 Å². The lowest BCUT2D eigenvalue weighted by Crippen LogP contribution is -2.45. The average Bonchev–Trinajstić information content (AvgIpc) is 2.56. The van der Waals surface area contributed by atoms with Crippen LogP contribution in [0, 0.1) is 5.92 Å². The van der Waals surface area contributed by atoms with E-state index < -0.39 is 0 Å². The van der Waals surface area contributed by atoms with Crippen LogP contribution in [0.15, 0.2) is 35.3 Å². The molecule has 0 saturated carbocycles. The van der Waals surface area contributed by atoms with Crippen molar-refractivity contribution in [2.75, 3.05) is 26.7 Å². The zero-order valence-corrected chi connectivity index (χ0v) is 14.2. The Kier molecular flexibility index (Phi) is 6.72. The van der Waals surface area contributed by atoms with Gasteiger partial charge in [-0.15, -0.1) is 0 Å². The quantitative estimate of drug-likeness (QED) is 0.648. The number of nitrogens with zero attached hydrogens (tertiary/aromatic N) is 2. The summed E-state index contributed by atoms with van der Waals surface area (Å²) >= 11 is 0. The SMILES string of the molecule is CN=C(NCc1ccccc1)NCC1CCCN(C(C)C)C1. The Morgan fingerprint density at radius 1 is 1.27 bits per heavy atom. The van der Waals surface area contributed by atoms with E-state index >= 15 is 0 Å². The Morgan fingerprint density at radius 2 is 2.05 bits per heavy atom. The van der Waals surface area contributed by atoms with Gasteiger partial charge < -0.3 is 15.5 Å². The van der Waals surface area contributed by atoms with Crippen LogP contribution in [0.25, 0.3) is 0 Å². The van der Waals surface area contributed by atoms with Crippen molar-refractivity contribution >= 4 is 5.96 Å². The highest BCUT2D eigenvalue weighted by Crippen LogP contribution is 2.17. The molecule has 0 spiro atoms. The molecule has 122 valence electrons. The van der Waals surface area contributed by atoms with Gasteiger partial charge in [0.2, 0.25) is 0 Å². The summed E-state index contributed by atoms with van der Waals surface area (Å²) in [5.74, 6) is 1.61. The minimum absolute atomic E-state index is 0.651. The van der Waals surface area contributed by atoms with E-state index in [-0.39, 0.29) is 0 Å². The Labute approximate surface area is 135 Å². The molecule has 0 amide bonds. The molecule has 0 bridgehead atoms. The Bertz CT molecular complexity index is 455. The van der Waals surface area contributed by atoms with Crippen LogP contribution in [0.1, 0.15) is 32.3 Å². The molecule has 22 heavy (non-hydrogen) atoms. The normalized spacial score (nSPS) is 20.2. The molecule has 2 N–H and O–H groups in total. The lowest BCUT2D eigenvalue weighted by Gasteiger charge is -2.35. The average molecular weight is 302 g/mol. The number of piperidine rings is 1. The molecule has 1 aliphatic rings. The zero-order valence-electron chi connectivity index (χ0n) is 14.2. The van der Waals surface area contributed by atoms with Gasteiger partial charge in [-0.2, -0.15) is 0 Å². The largest absolute Gasteiger partial charge is 0.356 e. The molecule has 1 heterocycles. The predicted octanol–water partition coefficient (Wildman–Crippen LogP) is 2.47. The standard InChI is InChI=1S/C18H30N4/c1-15(2)22-11-7-10-17(14-22)13-21-18(19-3)20-12-16-8-5-4-6-9-16/h4-6,8-9,15,17H,7,10-14H2,1-3H3,(H2,19,20,21). The van der Waals surface area contributed by atoms with E-state index in [9.17, 15) is 0 Å². The maximum absolute atomic E-state index is 4.32. The highest BCUT2D eigenvalue weighted by molar-refractivity contribution is 5.79. The van der Waals surface area contributed by atoms with Crippen molar-refractivity contribution < 1.29 is 0 Å². The minimum atomic E-state index is 0.651. The van der Waals surface area contributed by atoms with Gasteiger partial charge in [0.1, 0.15) is 0 Å². The molecule has 1 aromatic carbocycles. The topological polar surface area (TPSA) is 39.7 Å². The third-order valence-corrected chi connectivity index (χ3v) is 4.37. The highest BCUT2D eigenvalue weighted by Gasteiger charge is 2.21. The van der Waals surface area contributed by atoms with Crippen molar-refractivity contribution in [3.05, 3.63) is 35.9 Å². The van der Waals surface area contributed by atoms with Gasteiger partial charge in [0.15, 0.2) is 5.96 Å². The van der Waals surface area contributed by atoms with E-state index in [4.69, 9.17) is 0 Å². The second-order valence-electron chi connectivity index (χ2n) is 6.39. The van der Waals surface area contributed by atoms with Crippen LogP contribution in [-0.2, 0) is 6.54 Å². The first kappa shape index (κ1) is 16.8. The molecular formula is C18H30N4. The lowest BCUT2D eigenvalue weighted by molar-refractivity contribution is 0.141. The Hall–Kier alpha value is -1.55. The monoisotopic (exact) mass is 302 g/mol. The summed E-state index contributed by atoms with van der Waals surface area (Å²) in [6.07, 6.45) is 2.62. The van der Waals surface area contributed by atoms with Gasteiger partial charge in [0, 0.05) is 32.7 Å². The summed E-state index contributed by atoms with van der Waals surface area (Å²) in [6.45, 7) is 8.82. The summed E-state index contributed by atoms with van der Waals surface area (Å²) < 4.78 is 0. The fourth-order valence-corrected chi connectivity index (χ4v) is 2.98. The van der Waals surface area contributed by atoms with Crippen LogP contribution < -0.4 is 10.6 Å². The number of nitrogens with one attached hydrogen (secondary N) is 2. The van der Waals surface area contributed by atoms with Crippen molar-refractivity contribution in [3.8, 4) is 0 Å². The van der Waals surface area contributed by atoms with Crippen LogP contribution in [0.4, 0.5) is 0 Å². The van der Waals surface area contributed by atoms with E-state index in [0.717, 1.165) is 19.0 Å². The van der Waals surface area contributed by atoms with Crippen molar-refractivity contribution in [2.45, 2.75) is 39.3 Å². The van der Waals surface area contributed by atoms with Crippen LogP contribution in [-0.4, -0.2) is 43.6 Å². The number of benzene rings is 1. The Morgan fingerprint density at radius 3 is 2.73 bits per heavy atom. The third-order valence-electron chi connectivity index (χ3n) is 4.37. The third kappa shape index (κ3) is 5.34. The molecular weight excluding hydrogens is 272 g/mol. The molecule has 4 heteroatoms. The smallest absolute Gasteiger partial charge is 0.191 e. The molecule has 1 unspecified atom stereocenters. The molecule has 1 atom stereocenters. The van der Waals surface area contributed by atoms with Gasteiger partial charge in [-0.3, -0.25) is 4.99 Å². The number of likely N-dealkylation sites (tertiary alicyclic amines) is 1. The predicted molar refractivity (Wildman–Crippen MR) is 94.1 cm³/mol. The number of guanidine groups is 1. The van der Waals surface area contributed by atoms with Gasteiger partial charge in [0.05, 0.1) is 0 Å². The van der Waals surface area contributed by atoms with Crippen molar-refractivity contribution in [1.82, 2.24) is 15.5 Å². The molecule has 2 rings (SSSR count). The van der Waals surface area contributed by atoms with E-state index in [2.05, 4.69) is 58.6 Å². The first-order chi connectivity index (χ1) is 10.7. The maximum atomic E-state index is 4.32. The molecule has 1 aromatic rings. The summed E-state index contributed by atoms with van der Waals surface area (Å²) in [6, 6.07) is 11.1. The molecule has 0 aromatic heterocycles.